The molecular weight excluding hydrogens is 168 g/mol. The molecular formula is C9H14N2S. The van der Waals surface area contributed by atoms with E-state index in [1.54, 1.807) is 11.3 Å². The Kier molecular flexibility index (Phi) is 3.44. The van der Waals surface area contributed by atoms with Crippen LogP contribution in [0.2, 0.25) is 0 Å². The van der Waals surface area contributed by atoms with Gasteiger partial charge in [0.05, 0.1) is 11.2 Å². The van der Waals surface area contributed by atoms with Crippen LogP contribution in [0.4, 0.5) is 0 Å². The summed E-state index contributed by atoms with van der Waals surface area (Å²) >= 11 is 1.61. The third-order valence-corrected chi connectivity index (χ3v) is 2.37. The molecule has 0 spiro atoms. The van der Waals surface area contributed by atoms with Crippen LogP contribution in [-0.4, -0.2) is 11.5 Å². The molecule has 0 aliphatic carbocycles. The van der Waals surface area contributed by atoms with Gasteiger partial charge in [0, 0.05) is 11.9 Å². The molecule has 0 saturated carbocycles. The largest absolute Gasteiger partial charge is 0.327 e. The SMILES string of the molecule is CC(C)C(=Cc1cscn1)CN. The fourth-order valence-corrected chi connectivity index (χ4v) is 1.46. The second-order valence-corrected chi connectivity index (χ2v) is 3.71. The maximum absolute atomic E-state index is 5.60. The summed E-state index contributed by atoms with van der Waals surface area (Å²) in [6.07, 6.45) is 2.07. The average molecular weight is 182 g/mol. The van der Waals surface area contributed by atoms with Crippen molar-refractivity contribution in [2.24, 2.45) is 11.7 Å². The molecule has 0 aromatic carbocycles. The standard InChI is InChI=1S/C9H14N2S/c1-7(2)8(4-10)3-9-5-12-6-11-9/h3,5-7H,4,10H2,1-2H3. The fraction of sp³-hybridized carbons (Fsp3) is 0.444. The molecule has 66 valence electrons. The van der Waals surface area contributed by atoms with Crippen LogP contribution in [0.25, 0.3) is 6.08 Å². The summed E-state index contributed by atoms with van der Waals surface area (Å²) in [6, 6.07) is 0. The van der Waals surface area contributed by atoms with Crippen molar-refractivity contribution in [1.82, 2.24) is 4.98 Å². The summed E-state index contributed by atoms with van der Waals surface area (Å²) in [6.45, 7) is 4.91. The van der Waals surface area contributed by atoms with Crippen LogP contribution in [0.1, 0.15) is 19.5 Å². The number of hydrogen-bond acceptors (Lipinski definition) is 3. The normalized spacial score (nSPS) is 12.5. The van der Waals surface area contributed by atoms with E-state index in [-0.39, 0.29) is 0 Å². The summed E-state index contributed by atoms with van der Waals surface area (Å²) in [5.41, 5.74) is 9.70. The Bertz CT molecular complexity index is 250. The minimum Gasteiger partial charge on any atom is -0.327 e. The fourth-order valence-electron chi connectivity index (χ4n) is 0.944. The second-order valence-electron chi connectivity index (χ2n) is 2.99. The van der Waals surface area contributed by atoms with E-state index in [0.717, 1.165) is 5.69 Å². The Morgan fingerprint density at radius 2 is 2.50 bits per heavy atom. The molecule has 0 unspecified atom stereocenters. The van der Waals surface area contributed by atoms with Crippen molar-refractivity contribution in [2.75, 3.05) is 6.54 Å². The molecule has 2 N–H and O–H groups in total. The van der Waals surface area contributed by atoms with Crippen molar-refractivity contribution in [3.8, 4) is 0 Å². The Hall–Kier alpha value is -0.670. The van der Waals surface area contributed by atoms with E-state index in [9.17, 15) is 0 Å². The first-order valence-corrected chi connectivity index (χ1v) is 4.97. The Balaban J connectivity index is 2.78. The summed E-state index contributed by atoms with van der Waals surface area (Å²) in [5.74, 6) is 0.511. The topological polar surface area (TPSA) is 38.9 Å². The van der Waals surface area contributed by atoms with Gasteiger partial charge in [0.2, 0.25) is 0 Å². The molecule has 1 heterocycles. The first kappa shape index (κ1) is 9.42. The minimum absolute atomic E-state index is 0.511. The molecule has 0 saturated heterocycles. The molecule has 1 aromatic heterocycles. The molecule has 0 radical (unpaired) electrons. The first-order valence-electron chi connectivity index (χ1n) is 4.02. The zero-order chi connectivity index (χ0) is 8.97. The van der Waals surface area contributed by atoms with Crippen molar-refractivity contribution < 1.29 is 0 Å². The predicted octanol–water partition coefficient (Wildman–Crippen LogP) is 2.14. The zero-order valence-corrected chi connectivity index (χ0v) is 8.27. The van der Waals surface area contributed by atoms with Crippen molar-refractivity contribution in [2.45, 2.75) is 13.8 Å². The van der Waals surface area contributed by atoms with Gasteiger partial charge in [-0.1, -0.05) is 19.4 Å². The van der Waals surface area contributed by atoms with Gasteiger partial charge in [-0.25, -0.2) is 4.98 Å². The highest BCUT2D eigenvalue weighted by Gasteiger charge is 2.01. The van der Waals surface area contributed by atoms with Gasteiger partial charge in [-0.05, 0) is 12.0 Å². The molecule has 0 aliphatic heterocycles. The number of rotatable bonds is 3. The lowest BCUT2D eigenvalue weighted by Gasteiger charge is -2.06. The second kappa shape index (κ2) is 4.38. The number of aromatic nitrogens is 1. The van der Waals surface area contributed by atoms with E-state index in [0.29, 0.717) is 12.5 Å². The smallest absolute Gasteiger partial charge is 0.0798 e. The van der Waals surface area contributed by atoms with Gasteiger partial charge in [0.15, 0.2) is 0 Å². The van der Waals surface area contributed by atoms with Crippen molar-refractivity contribution >= 4 is 17.4 Å². The van der Waals surface area contributed by atoms with Crippen molar-refractivity contribution in [1.29, 1.82) is 0 Å². The first-order chi connectivity index (χ1) is 5.74. The maximum atomic E-state index is 5.60. The lowest BCUT2D eigenvalue weighted by molar-refractivity contribution is 0.752. The number of nitrogens with zero attached hydrogens (tertiary/aromatic N) is 1. The Morgan fingerprint density at radius 3 is 2.92 bits per heavy atom. The molecule has 0 amide bonds. The van der Waals surface area contributed by atoms with E-state index >= 15 is 0 Å². The highest BCUT2D eigenvalue weighted by atomic mass is 32.1. The molecule has 1 rings (SSSR count). The molecule has 3 heteroatoms. The number of thiazole rings is 1. The summed E-state index contributed by atoms with van der Waals surface area (Å²) in [7, 11) is 0. The highest BCUT2D eigenvalue weighted by molar-refractivity contribution is 7.07. The molecule has 1 aromatic rings. The Morgan fingerprint density at radius 1 is 1.75 bits per heavy atom. The third kappa shape index (κ3) is 2.43. The highest BCUT2D eigenvalue weighted by Crippen LogP contribution is 2.13. The zero-order valence-electron chi connectivity index (χ0n) is 7.45. The third-order valence-electron chi connectivity index (χ3n) is 1.76. The van der Waals surface area contributed by atoms with E-state index in [4.69, 9.17) is 5.73 Å². The maximum Gasteiger partial charge on any atom is 0.0798 e. The molecule has 0 atom stereocenters. The quantitative estimate of drug-likeness (QED) is 0.778. The van der Waals surface area contributed by atoms with Gasteiger partial charge in [-0.3, -0.25) is 0 Å². The lowest BCUT2D eigenvalue weighted by atomic mass is 10.0. The van der Waals surface area contributed by atoms with Crippen LogP contribution in [0.15, 0.2) is 16.5 Å². The number of hydrogen-bond donors (Lipinski definition) is 1. The van der Waals surface area contributed by atoms with Crippen LogP contribution in [0.5, 0.6) is 0 Å². The summed E-state index contributed by atoms with van der Waals surface area (Å²) in [4.78, 5) is 4.17. The van der Waals surface area contributed by atoms with E-state index in [2.05, 4.69) is 24.9 Å². The summed E-state index contributed by atoms with van der Waals surface area (Å²) in [5, 5.41) is 2.03. The van der Waals surface area contributed by atoms with Crippen LogP contribution < -0.4 is 5.73 Å². The molecule has 0 aliphatic rings. The van der Waals surface area contributed by atoms with Crippen molar-refractivity contribution in [3.05, 3.63) is 22.2 Å². The average Bonchev–Trinajstić information content (AvgIpc) is 2.51. The van der Waals surface area contributed by atoms with Gasteiger partial charge in [-0.15, -0.1) is 11.3 Å². The van der Waals surface area contributed by atoms with Crippen LogP contribution in [0.3, 0.4) is 0 Å². The van der Waals surface area contributed by atoms with Crippen molar-refractivity contribution in [3.63, 3.8) is 0 Å². The van der Waals surface area contributed by atoms with Crippen LogP contribution >= 0.6 is 11.3 Å². The van der Waals surface area contributed by atoms with E-state index in [1.165, 1.54) is 5.57 Å². The van der Waals surface area contributed by atoms with E-state index in [1.807, 2.05) is 10.9 Å². The van der Waals surface area contributed by atoms with Crippen LogP contribution in [-0.2, 0) is 0 Å². The molecule has 2 nitrogen and oxygen atoms in total. The lowest BCUT2D eigenvalue weighted by Crippen LogP contribution is -2.08. The van der Waals surface area contributed by atoms with Gasteiger partial charge in [0.25, 0.3) is 0 Å². The van der Waals surface area contributed by atoms with Gasteiger partial charge < -0.3 is 5.73 Å². The minimum atomic E-state index is 0.511. The molecule has 0 fully saturated rings. The monoisotopic (exact) mass is 182 g/mol. The Labute approximate surface area is 77.1 Å². The van der Waals surface area contributed by atoms with Gasteiger partial charge >= 0.3 is 0 Å². The predicted molar refractivity (Wildman–Crippen MR) is 54.0 cm³/mol. The van der Waals surface area contributed by atoms with Crippen LogP contribution in [0, 0.1) is 5.92 Å². The molecule has 12 heavy (non-hydrogen) atoms. The molecule has 0 bridgehead atoms. The van der Waals surface area contributed by atoms with Gasteiger partial charge in [0.1, 0.15) is 0 Å². The number of nitrogens with two attached hydrogens (primary N) is 1. The van der Waals surface area contributed by atoms with E-state index < -0.39 is 0 Å². The van der Waals surface area contributed by atoms with Gasteiger partial charge in [-0.2, -0.15) is 0 Å². The summed E-state index contributed by atoms with van der Waals surface area (Å²) < 4.78 is 0.